The summed E-state index contributed by atoms with van der Waals surface area (Å²) >= 11 is 0.776. The first-order chi connectivity index (χ1) is 15.8. The topological polar surface area (TPSA) is 129 Å². The van der Waals surface area contributed by atoms with Crippen LogP contribution in [0.15, 0.2) is 23.0 Å². The number of carbonyl (C=O) groups is 2. The maximum atomic E-state index is 12.7. The summed E-state index contributed by atoms with van der Waals surface area (Å²) in [5, 5.41) is 16.5. The summed E-state index contributed by atoms with van der Waals surface area (Å²) in [5.74, 6) is -0.876. The number of carbonyl (C=O) groups excluding carboxylic acids is 2. The van der Waals surface area contributed by atoms with Crippen LogP contribution >= 0.6 is 11.3 Å². The first-order valence-corrected chi connectivity index (χ1v) is 10.8. The van der Waals surface area contributed by atoms with Gasteiger partial charge >= 0.3 is 6.18 Å². The SMILES string of the molecule is CCn1c(=C(C#N)C(=O)NCC(F)(F)F)sc(=CNc2cccc(NC(=O)C(C)(C)C)n2)c1=O. The standard InChI is InChI=1S/C21H23F3N6O3S/c1-5-30-17(32)13(34-18(30)12(9-25)16(31)27-11-21(22,23)24)10-26-14-7-6-8-15(28-14)29-19(33)20(2,3)4/h6-8,10H,5,11H2,1-4H3,(H,27,31)(H2,26,28,29,33). The van der Waals surface area contributed by atoms with E-state index in [0.717, 1.165) is 15.9 Å². The number of hydrogen-bond acceptors (Lipinski definition) is 7. The Balaban J connectivity index is 2.41. The van der Waals surface area contributed by atoms with Crippen molar-refractivity contribution in [2.45, 2.75) is 40.4 Å². The Kier molecular flexibility index (Phi) is 8.22. The van der Waals surface area contributed by atoms with Gasteiger partial charge in [0.25, 0.3) is 11.5 Å². The molecule has 0 aliphatic rings. The van der Waals surface area contributed by atoms with Gasteiger partial charge in [0.15, 0.2) is 5.57 Å². The molecule has 2 rings (SSSR count). The van der Waals surface area contributed by atoms with Crippen molar-refractivity contribution in [2.24, 2.45) is 5.41 Å². The van der Waals surface area contributed by atoms with Crippen molar-refractivity contribution >= 4 is 46.6 Å². The Bertz CT molecular complexity index is 1300. The fourth-order valence-corrected chi connectivity index (χ4v) is 3.57. The Hall–Kier alpha value is -3.66. The van der Waals surface area contributed by atoms with E-state index >= 15 is 0 Å². The second kappa shape index (κ2) is 10.5. The molecule has 2 aromatic rings. The third-order valence-corrected chi connectivity index (χ3v) is 5.38. The van der Waals surface area contributed by atoms with E-state index in [-0.39, 0.29) is 27.5 Å². The maximum absolute atomic E-state index is 12.7. The summed E-state index contributed by atoms with van der Waals surface area (Å²) in [5.41, 5.74) is -1.77. The van der Waals surface area contributed by atoms with Gasteiger partial charge in [-0.3, -0.25) is 19.0 Å². The lowest BCUT2D eigenvalue weighted by atomic mass is 9.96. The molecule has 2 heterocycles. The highest BCUT2D eigenvalue weighted by Crippen LogP contribution is 2.17. The zero-order valence-electron chi connectivity index (χ0n) is 18.8. The predicted octanol–water partition coefficient (Wildman–Crippen LogP) is 1.51. The number of nitrogens with one attached hydrogen (secondary N) is 3. The van der Waals surface area contributed by atoms with E-state index in [2.05, 4.69) is 15.6 Å². The minimum atomic E-state index is -4.65. The van der Waals surface area contributed by atoms with Gasteiger partial charge in [-0.2, -0.15) is 18.4 Å². The highest BCUT2D eigenvalue weighted by atomic mass is 32.1. The molecule has 2 amide bonds. The highest BCUT2D eigenvalue weighted by molar-refractivity contribution is 7.07. The van der Waals surface area contributed by atoms with Gasteiger partial charge < -0.3 is 16.0 Å². The van der Waals surface area contributed by atoms with Crippen LogP contribution in [0, 0.1) is 16.7 Å². The molecule has 13 heteroatoms. The van der Waals surface area contributed by atoms with Crippen molar-refractivity contribution in [2.75, 3.05) is 17.2 Å². The Morgan fingerprint density at radius 1 is 1.24 bits per heavy atom. The molecule has 0 unspecified atom stereocenters. The van der Waals surface area contributed by atoms with Gasteiger partial charge in [-0.25, -0.2) is 4.98 Å². The van der Waals surface area contributed by atoms with E-state index in [1.165, 1.54) is 6.20 Å². The smallest absolute Gasteiger partial charge is 0.345 e. The van der Waals surface area contributed by atoms with Gasteiger partial charge in [-0.15, -0.1) is 11.3 Å². The van der Waals surface area contributed by atoms with Crippen molar-refractivity contribution in [3.63, 3.8) is 0 Å². The van der Waals surface area contributed by atoms with E-state index in [4.69, 9.17) is 0 Å². The van der Waals surface area contributed by atoms with Crippen molar-refractivity contribution < 1.29 is 22.8 Å². The molecule has 2 aromatic heterocycles. The van der Waals surface area contributed by atoms with Crippen molar-refractivity contribution in [3.05, 3.63) is 37.7 Å². The second-order valence-electron chi connectivity index (χ2n) is 8.01. The van der Waals surface area contributed by atoms with E-state index in [9.17, 15) is 32.8 Å². The monoisotopic (exact) mass is 496 g/mol. The molecule has 182 valence electrons. The number of amides is 2. The Labute approximate surface area is 196 Å². The zero-order chi connectivity index (χ0) is 25.7. The second-order valence-corrected chi connectivity index (χ2v) is 9.04. The number of nitrogens with zero attached hydrogens (tertiary/aromatic N) is 3. The zero-order valence-corrected chi connectivity index (χ0v) is 19.6. The third kappa shape index (κ3) is 6.92. The summed E-state index contributed by atoms with van der Waals surface area (Å²) in [4.78, 5) is 41.2. The fraction of sp³-hybridized carbons (Fsp3) is 0.381. The summed E-state index contributed by atoms with van der Waals surface area (Å²) in [6, 6.07) is 6.40. The third-order valence-electron chi connectivity index (χ3n) is 4.25. The quantitative estimate of drug-likeness (QED) is 0.556. The lowest BCUT2D eigenvalue weighted by molar-refractivity contribution is -0.135. The Morgan fingerprint density at radius 3 is 2.44 bits per heavy atom. The van der Waals surface area contributed by atoms with Crippen LogP contribution < -0.4 is 30.7 Å². The van der Waals surface area contributed by atoms with Gasteiger partial charge in [0, 0.05) is 18.2 Å². The maximum Gasteiger partial charge on any atom is 0.405 e. The van der Waals surface area contributed by atoms with Crippen LogP contribution in [0.2, 0.25) is 0 Å². The normalized spacial score (nSPS) is 13.2. The molecule has 34 heavy (non-hydrogen) atoms. The lowest BCUT2D eigenvalue weighted by Crippen LogP contribution is -2.37. The number of thiazole rings is 1. The molecule has 0 fully saturated rings. The highest BCUT2D eigenvalue weighted by Gasteiger charge is 2.29. The number of alkyl halides is 3. The van der Waals surface area contributed by atoms with Gasteiger partial charge in [-0.05, 0) is 19.1 Å². The van der Waals surface area contributed by atoms with Crippen LogP contribution in [0.4, 0.5) is 24.8 Å². The first kappa shape index (κ1) is 26.6. The lowest BCUT2D eigenvalue weighted by Gasteiger charge is -2.17. The number of aromatic nitrogens is 2. The molecule has 0 aliphatic heterocycles. The summed E-state index contributed by atoms with van der Waals surface area (Å²) in [6.07, 6.45) is -3.34. The molecule has 9 nitrogen and oxygen atoms in total. The summed E-state index contributed by atoms with van der Waals surface area (Å²) in [6.45, 7) is 5.33. The number of rotatable bonds is 6. The molecular formula is C21H23F3N6O3S. The van der Waals surface area contributed by atoms with Crippen LogP contribution in [0.1, 0.15) is 27.7 Å². The average molecular weight is 497 g/mol. The van der Waals surface area contributed by atoms with Crippen LogP contribution in [0.3, 0.4) is 0 Å². The molecule has 0 aromatic carbocycles. The molecule has 0 saturated heterocycles. The minimum Gasteiger partial charge on any atom is -0.345 e. The van der Waals surface area contributed by atoms with E-state index in [0.29, 0.717) is 5.82 Å². The van der Waals surface area contributed by atoms with Gasteiger partial charge in [-0.1, -0.05) is 26.8 Å². The van der Waals surface area contributed by atoms with Crippen LogP contribution in [0.25, 0.3) is 11.8 Å². The van der Waals surface area contributed by atoms with E-state index < -0.39 is 35.2 Å². The molecular weight excluding hydrogens is 473 g/mol. The van der Waals surface area contributed by atoms with Crippen LogP contribution in [-0.4, -0.2) is 34.1 Å². The number of pyridine rings is 1. The van der Waals surface area contributed by atoms with Crippen molar-refractivity contribution in [1.29, 1.82) is 5.26 Å². The molecule has 0 atom stereocenters. The first-order valence-electron chi connectivity index (χ1n) is 10.0. The van der Waals surface area contributed by atoms with Gasteiger partial charge in [0.1, 0.15) is 33.4 Å². The number of hydrogen-bond donors (Lipinski definition) is 3. The van der Waals surface area contributed by atoms with Gasteiger partial charge in [0.2, 0.25) is 5.91 Å². The average Bonchev–Trinajstić information content (AvgIpc) is 3.05. The fourth-order valence-electron chi connectivity index (χ4n) is 2.49. The predicted molar refractivity (Wildman–Crippen MR) is 122 cm³/mol. The molecule has 3 N–H and O–H groups in total. The number of anilines is 2. The van der Waals surface area contributed by atoms with E-state index in [1.54, 1.807) is 57.3 Å². The molecule has 0 bridgehead atoms. The Morgan fingerprint density at radius 2 is 1.88 bits per heavy atom. The van der Waals surface area contributed by atoms with Gasteiger partial charge in [0.05, 0.1) is 0 Å². The van der Waals surface area contributed by atoms with Crippen LogP contribution in [-0.2, 0) is 16.1 Å². The van der Waals surface area contributed by atoms with E-state index in [1.807, 2.05) is 0 Å². The molecule has 0 aliphatic carbocycles. The summed E-state index contributed by atoms with van der Waals surface area (Å²) < 4.78 is 38.4. The largest absolute Gasteiger partial charge is 0.405 e. The summed E-state index contributed by atoms with van der Waals surface area (Å²) in [7, 11) is 0. The molecule has 0 radical (unpaired) electrons. The number of nitriles is 1. The molecule has 0 saturated carbocycles. The van der Waals surface area contributed by atoms with Crippen LogP contribution in [0.5, 0.6) is 0 Å². The van der Waals surface area contributed by atoms with Crippen molar-refractivity contribution in [1.82, 2.24) is 14.9 Å². The molecule has 0 spiro atoms. The number of halogens is 3. The van der Waals surface area contributed by atoms with Crippen molar-refractivity contribution in [3.8, 4) is 6.07 Å². The minimum absolute atomic E-state index is 0.0677.